The maximum atomic E-state index is 13.1. The van der Waals surface area contributed by atoms with Crippen molar-refractivity contribution in [3.63, 3.8) is 0 Å². The molecule has 156 valence electrons. The van der Waals surface area contributed by atoms with Crippen LogP contribution in [0.15, 0.2) is 71.9 Å². The molecule has 2 N–H and O–H groups in total. The summed E-state index contributed by atoms with van der Waals surface area (Å²) in [5, 5.41) is 7.52. The van der Waals surface area contributed by atoms with E-state index >= 15 is 0 Å². The molecule has 0 aliphatic heterocycles. The summed E-state index contributed by atoms with van der Waals surface area (Å²) in [4.78, 5) is 32.3. The molecule has 7 heteroatoms. The lowest BCUT2D eigenvalue weighted by molar-refractivity contribution is 0.0951. The molecule has 0 aliphatic rings. The normalized spacial score (nSPS) is 10.8. The molecular formula is C24H23N5O2. The molecule has 0 spiro atoms. The molecule has 1 amide bonds. The van der Waals surface area contributed by atoms with Gasteiger partial charge >= 0.3 is 0 Å². The molecule has 31 heavy (non-hydrogen) atoms. The number of carbonyl (C=O) groups excluding carboxylic acids is 1. The van der Waals surface area contributed by atoms with Gasteiger partial charge in [-0.05, 0) is 43.2 Å². The number of hydrogen-bond acceptors (Lipinski definition) is 4. The van der Waals surface area contributed by atoms with Crippen LogP contribution in [-0.2, 0) is 13.1 Å². The third kappa shape index (κ3) is 4.61. The zero-order chi connectivity index (χ0) is 21.8. The van der Waals surface area contributed by atoms with Gasteiger partial charge in [-0.3, -0.25) is 19.3 Å². The lowest BCUT2D eigenvalue weighted by atomic mass is 10.1. The number of rotatable bonds is 6. The number of pyridine rings is 2. The lowest BCUT2D eigenvalue weighted by Crippen LogP contribution is -2.28. The van der Waals surface area contributed by atoms with E-state index in [-0.39, 0.29) is 18.0 Å². The van der Waals surface area contributed by atoms with Crippen LogP contribution in [0.2, 0.25) is 0 Å². The number of aromatic nitrogens is 4. The van der Waals surface area contributed by atoms with Gasteiger partial charge in [-0.2, -0.15) is 5.10 Å². The van der Waals surface area contributed by atoms with Crippen LogP contribution in [0.5, 0.6) is 0 Å². The summed E-state index contributed by atoms with van der Waals surface area (Å²) in [6, 6.07) is 15.5. The summed E-state index contributed by atoms with van der Waals surface area (Å²) >= 11 is 0. The molecule has 0 atom stereocenters. The Bertz CT molecular complexity index is 1260. The molecule has 0 aliphatic carbocycles. The predicted molar refractivity (Wildman–Crippen MR) is 119 cm³/mol. The van der Waals surface area contributed by atoms with E-state index in [1.165, 1.54) is 0 Å². The standard InChI is InChI=1S/C24H23N5O2/c1-16-11-17(2)27-24(31)20(16)13-26-23(30)21-15-29(14-18-7-4-3-5-8-18)28-22(21)19-9-6-10-25-12-19/h3-12,15H,13-14H2,1-2H3,(H,26,30)(H,27,31). The molecule has 3 heterocycles. The Morgan fingerprint density at radius 1 is 1.13 bits per heavy atom. The molecule has 7 nitrogen and oxygen atoms in total. The third-order valence-electron chi connectivity index (χ3n) is 5.05. The zero-order valence-corrected chi connectivity index (χ0v) is 17.4. The fourth-order valence-corrected chi connectivity index (χ4v) is 3.52. The second-order valence-corrected chi connectivity index (χ2v) is 7.44. The maximum absolute atomic E-state index is 13.1. The summed E-state index contributed by atoms with van der Waals surface area (Å²) in [6.45, 7) is 4.37. The van der Waals surface area contributed by atoms with Gasteiger partial charge in [0.25, 0.3) is 11.5 Å². The molecule has 0 saturated carbocycles. The molecule has 0 fully saturated rings. The Labute approximate surface area is 179 Å². The Balaban J connectivity index is 1.63. The first-order valence-electron chi connectivity index (χ1n) is 10.0. The fraction of sp³-hybridized carbons (Fsp3) is 0.167. The van der Waals surface area contributed by atoms with Crippen LogP contribution < -0.4 is 10.9 Å². The highest BCUT2D eigenvalue weighted by molar-refractivity contribution is 5.99. The van der Waals surface area contributed by atoms with Crippen molar-refractivity contribution in [1.82, 2.24) is 25.1 Å². The van der Waals surface area contributed by atoms with Crippen LogP contribution in [0.4, 0.5) is 0 Å². The second-order valence-electron chi connectivity index (χ2n) is 7.44. The molecule has 3 aromatic heterocycles. The van der Waals surface area contributed by atoms with Crippen LogP contribution in [0.25, 0.3) is 11.3 Å². The van der Waals surface area contributed by atoms with Crippen molar-refractivity contribution in [1.29, 1.82) is 0 Å². The zero-order valence-electron chi connectivity index (χ0n) is 17.4. The van der Waals surface area contributed by atoms with E-state index in [1.54, 1.807) is 23.3 Å². The van der Waals surface area contributed by atoms with Gasteiger partial charge in [0.2, 0.25) is 0 Å². The summed E-state index contributed by atoms with van der Waals surface area (Å²) in [5.41, 5.74) is 4.80. The van der Waals surface area contributed by atoms with Gasteiger partial charge in [0.15, 0.2) is 0 Å². The number of nitrogens with one attached hydrogen (secondary N) is 2. The van der Waals surface area contributed by atoms with Crippen LogP contribution in [0, 0.1) is 13.8 Å². The molecule has 0 bridgehead atoms. The molecule has 4 rings (SSSR count). The van der Waals surface area contributed by atoms with Crippen LogP contribution >= 0.6 is 0 Å². The van der Waals surface area contributed by atoms with Crippen molar-refractivity contribution in [2.45, 2.75) is 26.9 Å². The summed E-state index contributed by atoms with van der Waals surface area (Å²) in [7, 11) is 0. The third-order valence-corrected chi connectivity index (χ3v) is 5.05. The summed E-state index contributed by atoms with van der Waals surface area (Å²) in [5.74, 6) is -0.294. The van der Waals surface area contributed by atoms with E-state index in [0.717, 1.165) is 22.4 Å². The van der Waals surface area contributed by atoms with Crippen LogP contribution in [-0.4, -0.2) is 25.7 Å². The number of H-pyrrole nitrogens is 1. The highest BCUT2D eigenvalue weighted by Crippen LogP contribution is 2.22. The first-order valence-corrected chi connectivity index (χ1v) is 10.0. The molecule has 0 unspecified atom stereocenters. The van der Waals surface area contributed by atoms with Crippen LogP contribution in [0.1, 0.15) is 32.7 Å². The van der Waals surface area contributed by atoms with Gasteiger partial charge in [-0.15, -0.1) is 0 Å². The van der Waals surface area contributed by atoms with Crippen LogP contribution in [0.3, 0.4) is 0 Å². The first-order chi connectivity index (χ1) is 15.0. The number of aryl methyl sites for hydroxylation is 2. The number of carbonyl (C=O) groups is 1. The van der Waals surface area contributed by atoms with E-state index in [9.17, 15) is 9.59 Å². The minimum absolute atomic E-state index is 0.136. The average molecular weight is 413 g/mol. The minimum atomic E-state index is -0.294. The maximum Gasteiger partial charge on any atom is 0.255 e. The molecule has 0 saturated heterocycles. The Morgan fingerprint density at radius 2 is 1.94 bits per heavy atom. The topological polar surface area (TPSA) is 92.7 Å². The number of hydrogen-bond donors (Lipinski definition) is 2. The number of nitrogens with zero attached hydrogens (tertiary/aromatic N) is 3. The van der Waals surface area contributed by atoms with E-state index in [1.807, 2.05) is 62.4 Å². The van der Waals surface area contributed by atoms with Gasteiger partial charge < -0.3 is 10.3 Å². The number of benzene rings is 1. The van der Waals surface area contributed by atoms with Gasteiger partial charge in [0.1, 0.15) is 5.69 Å². The molecule has 4 aromatic rings. The second kappa shape index (κ2) is 8.79. The Kier molecular flexibility index (Phi) is 5.75. The van der Waals surface area contributed by atoms with Gasteiger partial charge in [0.05, 0.1) is 12.1 Å². The largest absolute Gasteiger partial charge is 0.348 e. The van der Waals surface area contributed by atoms with Gasteiger partial charge in [-0.1, -0.05) is 30.3 Å². The summed E-state index contributed by atoms with van der Waals surface area (Å²) in [6.07, 6.45) is 5.09. The van der Waals surface area contributed by atoms with Gasteiger partial charge in [-0.25, -0.2) is 0 Å². The van der Waals surface area contributed by atoms with E-state index in [4.69, 9.17) is 0 Å². The average Bonchev–Trinajstić information content (AvgIpc) is 3.18. The van der Waals surface area contributed by atoms with Crippen molar-refractivity contribution in [3.8, 4) is 11.3 Å². The van der Waals surface area contributed by atoms with Crippen molar-refractivity contribution in [2.24, 2.45) is 0 Å². The van der Waals surface area contributed by atoms with E-state index < -0.39 is 0 Å². The van der Waals surface area contributed by atoms with Crippen molar-refractivity contribution < 1.29 is 4.79 Å². The quantitative estimate of drug-likeness (QED) is 0.508. The Morgan fingerprint density at radius 3 is 2.65 bits per heavy atom. The molecule has 1 aromatic carbocycles. The Hall–Kier alpha value is -4.00. The molecular weight excluding hydrogens is 390 g/mol. The monoisotopic (exact) mass is 413 g/mol. The fourth-order valence-electron chi connectivity index (χ4n) is 3.52. The van der Waals surface area contributed by atoms with E-state index in [0.29, 0.717) is 23.4 Å². The number of aromatic amines is 1. The van der Waals surface area contributed by atoms with Crippen molar-refractivity contribution in [3.05, 3.63) is 105 Å². The SMILES string of the molecule is Cc1cc(C)c(CNC(=O)c2cn(Cc3ccccc3)nc2-c2cccnc2)c(=O)[nH]1. The molecule has 0 radical (unpaired) electrons. The van der Waals surface area contributed by atoms with Crippen molar-refractivity contribution >= 4 is 5.91 Å². The smallest absolute Gasteiger partial charge is 0.255 e. The highest BCUT2D eigenvalue weighted by atomic mass is 16.2. The highest BCUT2D eigenvalue weighted by Gasteiger charge is 2.19. The lowest BCUT2D eigenvalue weighted by Gasteiger charge is -2.08. The predicted octanol–water partition coefficient (Wildman–Crippen LogP) is 3.23. The minimum Gasteiger partial charge on any atom is -0.348 e. The van der Waals surface area contributed by atoms with Gasteiger partial charge in [0, 0.05) is 42.0 Å². The van der Waals surface area contributed by atoms with E-state index in [2.05, 4.69) is 20.4 Å². The first kappa shape index (κ1) is 20.3. The summed E-state index contributed by atoms with van der Waals surface area (Å²) < 4.78 is 1.75. The number of amides is 1. The van der Waals surface area contributed by atoms with Crippen molar-refractivity contribution in [2.75, 3.05) is 0 Å².